The zero-order chi connectivity index (χ0) is 16.9. The van der Waals surface area contributed by atoms with E-state index in [-0.39, 0.29) is 19.0 Å². The minimum atomic E-state index is -0.247. The van der Waals surface area contributed by atoms with Gasteiger partial charge in [-0.15, -0.1) is 0 Å². The molecule has 2 rings (SSSR count). The fourth-order valence-corrected chi connectivity index (χ4v) is 2.21. The van der Waals surface area contributed by atoms with Crippen molar-refractivity contribution in [2.45, 2.75) is 40.9 Å². The van der Waals surface area contributed by atoms with Crippen LogP contribution in [0.5, 0.6) is 11.5 Å². The third-order valence-electron chi connectivity index (χ3n) is 3.74. The van der Waals surface area contributed by atoms with Crippen LogP contribution in [0.25, 0.3) is 0 Å². The molecule has 0 unspecified atom stereocenters. The number of aliphatic hydroxyl groups is 2. The van der Waals surface area contributed by atoms with Crippen LogP contribution in [0.3, 0.4) is 0 Å². The molecule has 4 N–H and O–H groups in total. The highest BCUT2D eigenvalue weighted by Gasteiger charge is 2.08. The second kappa shape index (κ2) is 7.82. The van der Waals surface area contributed by atoms with Crippen molar-refractivity contribution in [1.29, 1.82) is 0 Å². The van der Waals surface area contributed by atoms with Gasteiger partial charge < -0.3 is 20.4 Å². The van der Waals surface area contributed by atoms with Gasteiger partial charge in [-0.1, -0.05) is 12.1 Å². The first-order valence-corrected chi connectivity index (χ1v) is 7.10. The van der Waals surface area contributed by atoms with E-state index < -0.39 is 0 Å². The Morgan fingerprint density at radius 3 is 1.77 bits per heavy atom. The molecule has 2 aromatic rings. The van der Waals surface area contributed by atoms with Crippen LogP contribution in [0.2, 0.25) is 0 Å². The third kappa shape index (κ3) is 4.23. The first-order chi connectivity index (χ1) is 10.3. The summed E-state index contributed by atoms with van der Waals surface area (Å²) in [6, 6.07) is 7.07. The van der Waals surface area contributed by atoms with Gasteiger partial charge in [0, 0.05) is 5.56 Å². The maximum absolute atomic E-state index is 9.28. The van der Waals surface area contributed by atoms with E-state index in [2.05, 4.69) is 6.07 Å². The molecule has 0 aromatic heterocycles. The maximum atomic E-state index is 9.28. The van der Waals surface area contributed by atoms with Crippen molar-refractivity contribution in [3.63, 3.8) is 0 Å². The summed E-state index contributed by atoms with van der Waals surface area (Å²) >= 11 is 0. The minimum Gasteiger partial charge on any atom is -0.508 e. The van der Waals surface area contributed by atoms with Crippen LogP contribution in [-0.2, 0) is 13.2 Å². The first-order valence-electron chi connectivity index (χ1n) is 7.10. The van der Waals surface area contributed by atoms with Crippen molar-refractivity contribution in [2.75, 3.05) is 0 Å². The molecule has 0 saturated heterocycles. The first kappa shape index (κ1) is 18.0. The molecule has 120 valence electrons. The normalized spacial score (nSPS) is 10.1. The Morgan fingerprint density at radius 1 is 0.727 bits per heavy atom. The van der Waals surface area contributed by atoms with Crippen molar-refractivity contribution in [1.82, 2.24) is 0 Å². The Hall–Kier alpha value is -2.04. The van der Waals surface area contributed by atoms with Gasteiger partial charge >= 0.3 is 0 Å². The number of aromatic hydroxyl groups is 2. The van der Waals surface area contributed by atoms with Gasteiger partial charge in [-0.25, -0.2) is 0 Å². The largest absolute Gasteiger partial charge is 0.508 e. The van der Waals surface area contributed by atoms with E-state index in [1.807, 2.05) is 27.7 Å². The smallest absolute Gasteiger partial charge is 0.121 e. The number of aryl methyl sites for hydroxylation is 3. The van der Waals surface area contributed by atoms with Crippen molar-refractivity contribution in [2.24, 2.45) is 0 Å². The number of rotatable bonds is 2. The van der Waals surface area contributed by atoms with Crippen molar-refractivity contribution >= 4 is 0 Å². The molecule has 0 saturated carbocycles. The topological polar surface area (TPSA) is 80.9 Å². The summed E-state index contributed by atoms with van der Waals surface area (Å²) in [4.78, 5) is 0. The molecule has 0 aliphatic heterocycles. The Balaban J connectivity index is 0.000000224. The number of benzene rings is 2. The van der Waals surface area contributed by atoms with Gasteiger partial charge in [0.05, 0.1) is 13.2 Å². The van der Waals surface area contributed by atoms with Gasteiger partial charge in [0.2, 0.25) is 0 Å². The summed E-state index contributed by atoms with van der Waals surface area (Å²) < 4.78 is 0. The molecule has 0 aliphatic rings. The van der Waals surface area contributed by atoms with Gasteiger partial charge in [-0.05, 0) is 67.6 Å². The van der Waals surface area contributed by atoms with E-state index >= 15 is 0 Å². The van der Waals surface area contributed by atoms with Crippen molar-refractivity contribution < 1.29 is 20.4 Å². The SMILES string of the molecule is Cc1cc(C)c(C)c(O)c1.Cc1ccc(O)c(CO)c1CO. The number of aliphatic hydroxyl groups excluding tert-OH is 2. The average molecular weight is 304 g/mol. The lowest BCUT2D eigenvalue weighted by Gasteiger charge is -2.09. The Labute approximate surface area is 131 Å². The predicted octanol–water partition coefficient (Wildman–Crippen LogP) is 3.00. The zero-order valence-electron chi connectivity index (χ0n) is 13.5. The molecular formula is C18H24O4. The number of phenolic OH excluding ortho intramolecular Hbond substituents is 1. The monoisotopic (exact) mass is 304 g/mol. The number of phenols is 2. The summed E-state index contributed by atoms with van der Waals surface area (Å²) in [6.07, 6.45) is 0. The molecule has 0 heterocycles. The van der Waals surface area contributed by atoms with Crippen LogP contribution < -0.4 is 0 Å². The van der Waals surface area contributed by atoms with Crippen LogP contribution in [0, 0.1) is 27.7 Å². The van der Waals surface area contributed by atoms with Gasteiger partial charge in [0.25, 0.3) is 0 Å². The van der Waals surface area contributed by atoms with Crippen LogP contribution >= 0.6 is 0 Å². The summed E-state index contributed by atoms with van der Waals surface area (Å²) in [7, 11) is 0. The van der Waals surface area contributed by atoms with Crippen LogP contribution in [-0.4, -0.2) is 20.4 Å². The predicted molar refractivity (Wildman–Crippen MR) is 87.0 cm³/mol. The molecule has 4 nitrogen and oxygen atoms in total. The number of hydrogen-bond acceptors (Lipinski definition) is 4. The van der Waals surface area contributed by atoms with Gasteiger partial charge in [0.1, 0.15) is 11.5 Å². The molecule has 0 fully saturated rings. The average Bonchev–Trinajstić information content (AvgIpc) is 2.47. The van der Waals surface area contributed by atoms with Crippen molar-refractivity contribution in [3.8, 4) is 11.5 Å². The van der Waals surface area contributed by atoms with Gasteiger partial charge in [-0.2, -0.15) is 0 Å². The minimum absolute atomic E-state index is 0.0344. The van der Waals surface area contributed by atoms with Gasteiger partial charge in [0.15, 0.2) is 0 Å². The zero-order valence-corrected chi connectivity index (χ0v) is 13.5. The standard InChI is InChI=1S/C9H12O3.C9H12O/c1-6-2-3-9(12)8(5-11)7(6)4-10;1-6-4-7(2)8(3)9(10)5-6/h2-3,10-12H,4-5H2,1H3;4-5,10H,1-3H3. The van der Waals surface area contributed by atoms with E-state index in [9.17, 15) is 10.2 Å². The summed E-state index contributed by atoms with van der Waals surface area (Å²) in [5.74, 6) is 0.435. The van der Waals surface area contributed by atoms with E-state index in [0.717, 1.165) is 22.3 Å². The van der Waals surface area contributed by atoms with Crippen LogP contribution in [0.1, 0.15) is 33.4 Å². The lowest BCUT2D eigenvalue weighted by atomic mass is 10.0. The molecule has 0 aliphatic carbocycles. The molecule has 22 heavy (non-hydrogen) atoms. The maximum Gasteiger partial charge on any atom is 0.121 e. The lowest BCUT2D eigenvalue weighted by Crippen LogP contribution is -1.97. The number of hydrogen-bond donors (Lipinski definition) is 4. The van der Waals surface area contributed by atoms with E-state index in [0.29, 0.717) is 16.9 Å². The second-order valence-corrected chi connectivity index (χ2v) is 5.40. The van der Waals surface area contributed by atoms with E-state index in [1.165, 1.54) is 6.07 Å². The molecule has 0 amide bonds. The Morgan fingerprint density at radius 2 is 1.32 bits per heavy atom. The molecule has 0 atom stereocenters. The van der Waals surface area contributed by atoms with Crippen LogP contribution in [0.15, 0.2) is 24.3 Å². The highest BCUT2D eigenvalue weighted by Crippen LogP contribution is 2.24. The summed E-state index contributed by atoms with van der Waals surface area (Å²) in [6.45, 7) is 7.32. The molecule has 2 aromatic carbocycles. The van der Waals surface area contributed by atoms with E-state index in [1.54, 1.807) is 12.1 Å². The Kier molecular flexibility index (Phi) is 6.40. The Bertz CT molecular complexity index is 596. The second-order valence-electron chi connectivity index (χ2n) is 5.40. The summed E-state index contributed by atoms with van der Waals surface area (Å²) in [5.41, 5.74) is 5.14. The summed E-state index contributed by atoms with van der Waals surface area (Å²) in [5, 5.41) is 36.4. The highest BCUT2D eigenvalue weighted by molar-refractivity contribution is 5.43. The fourth-order valence-electron chi connectivity index (χ4n) is 2.21. The molecular weight excluding hydrogens is 280 g/mol. The quantitative estimate of drug-likeness (QED) is 0.687. The third-order valence-corrected chi connectivity index (χ3v) is 3.74. The van der Waals surface area contributed by atoms with Gasteiger partial charge in [-0.3, -0.25) is 0 Å². The molecule has 0 bridgehead atoms. The molecule has 0 radical (unpaired) electrons. The van der Waals surface area contributed by atoms with E-state index in [4.69, 9.17) is 10.2 Å². The lowest BCUT2D eigenvalue weighted by molar-refractivity contribution is 0.254. The molecule has 4 heteroatoms. The van der Waals surface area contributed by atoms with Crippen LogP contribution in [0.4, 0.5) is 0 Å². The highest BCUT2D eigenvalue weighted by atomic mass is 16.3. The molecule has 0 spiro atoms. The van der Waals surface area contributed by atoms with Crippen molar-refractivity contribution in [3.05, 3.63) is 57.6 Å². The fraction of sp³-hybridized carbons (Fsp3) is 0.333.